The highest BCUT2D eigenvalue weighted by atomic mass is 32.2. The fourth-order valence-corrected chi connectivity index (χ4v) is 5.27. The standard InChI is InChI=1S/C24H29N3O5S/c1-5-19(22(29)25-24(2,3)4)26(15-17-11-7-6-8-12-17)21(28)16-27-23(30)18-13-9-10-14-20(18)33(27,31)32/h6-14,19H,5,15-16H2,1-4H3,(H,25,29)/t19-/m0/s1. The van der Waals surface area contributed by atoms with Gasteiger partial charge in [0.2, 0.25) is 11.8 Å². The maximum absolute atomic E-state index is 13.4. The molecule has 1 atom stereocenters. The Balaban J connectivity index is 1.92. The van der Waals surface area contributed by atoms with Crippen LogP contribution in [-0.4, -0.2) is 53.5 Å². The van der Waals surface area contributed by atoms with Crippen LogP contribution in [0, 0.1) is 0 Å². The molecule has 176 valence electrons. The van der Waals surface area contributed by atoms with E-state index in [4.69, 9.17) is 0 Å². The van der Waals surface area contributed by atoms with Crippen LogP contribution in [0.5, 0.6) is 0 Å². The van der Waals surface area contributed by atoms with Gasteiger partial charge < -0.3 is 10.2 Å². The van der Waals surface area contributed by atoms with Gasteiger partial charge in [-0.1, -0.05) is 49.4 Å². The summed E-state index contributed by atoms with van der Waals surface area (Å²) in [5.74, 6) is -1.71. The summed E-state index contributed by atoms with van der Waals surface area (Å²) in [4.78, 5) is 40.5. The van der Waals surface area contributed by atoms with Gasteiger partial charge in [-0.05, 0) is 44.9 Å². The van der Waals surface area contributed by atoms with Gasteiger partial charge in [-0.25, -0.2) is 12.7 Å². The van der Waals surface area contributed by atoms with E-state index in [1.807, 2.05) is 51.1 Å². The average molecular weight is 472 g/mol. The third-order valence-electron chi connectivity index (χ3n) is 5.27. The first-order chi connectivity index (χ1) is 15.5. The predicted molar refractivity (Wildman–Crippen MR) is 124 cm³/mol. The van der Waals surface area contributed by atoms with Crippen molar-refractivity contribution in [3.63, 3.8) is 0 Å². The van der Waals surface area contributed by atoms with E-state index in [0.29, 0.717) is 10.7 Å². The van der Waals surface area contributed by atoms with Crippen LogP contribution in [0.2, 0.25) is 0 Å². The van der Waals surface area contributed by atoms with Gasteiger partial charge in [-0.15, -0.1) is 0 Å². The molecule has 1 aliphatic rings. The van der Waals surface area contributed by atoms with Crippen LogP contribution >= 0.6 is 0 Å². The van der Waals surface area contributed by atoms with Crippen molar-refractivity contribution >= 4 is 27.7 Å². The Kier molecular flexibility index (Phi) is 6.92. The van der Waals surface area contributed by atoms with Crippen molar-refractivity contribution < 1.29 is 22.8 Å². The molecular formula is C24H29N3O5S. The molecule has 0 fully saturated rings. The van der Waals surface area contributed by atoms with Crippen molar-refractivity contribution in [2.75, 3.05) is 6.54 Å². The highest BCUT2D eigenvalue weighted by molar-refractivity contribution is 7.90. The molecule has 33 heavy (non-hydrogen) atoms. The number of hydrogen-bond donors (Lipinski definition) is 1. The summed E-state index contributed by atoms with van der Waals surface area (Å²) in [5, 5.41) is 2.89. The number of nitrogens with zero attached hydrogens (tertiary/aromatic N) is 2. The molecule has 3 rings (SSSR count). The molecule has 0 saturated heterocycles. The van der Waals surface area contributed by atoms with Crippen LogP contribution in [0.15, 0.2) is 59.5 Å². The maximum atomic E-state index is 13.4. The van der Waals surface area contributed by atoms with E-state index in [1.165, 1.54) is 23.1 Å². The van der Waals surface area contributed by atoms with Crippen LogP contribution in [0.1, 0.15) is 50.0 Å². The molecule has 1 aliphatic heterocycles. The summed E-state index contributed by atoms with van der Waals surface area (Å²) in [7, 11) is -4.14. The Morgan fingerprint density at radius 1 is 1.03 bits per heavy atom. The average Bonchev–Trinajstić information content (AvgIpc) is 2.94. The summed E-state index contributed by atoms with van der Waals surface area (Å²) in [6.45, 7) is 6.73. The summed E-state index contributed by atoms with van der Waals surface area (Å²) in [5.41, 5.74) is 0.311. The second-order valence-corrected chi connectivity index (χ2v) is 10.8. The molecule has 2 aromatic rings. The normalized spacial score (nSPS) is 15.6. The predicted octanol–water partition coefficient (Wildman–Crippen LogP) is 2.55. The Bertz CT molecular complexity index is 1160. The Morgan fingerprint density at radius 3 is 2.21 bits per heavy atom. The highest BCUT2D eigenvalue weighted by Crippen LogP contribution is 2.30. The number of carbonyl (C=O) groups excluding carboxylic acids is 3. The molecule has 0 aromatic heterocycles. The molecule has 0 bridgehead atoms. The molecule has 0 radical (unpaired) electrons. The number of fused-ring (bicyclic) bond motifs is 1. The lowest BCUT2D eigenvalue weighted by atomic mass is 10.1. The zero-order chi connectivity index (χ0) is 24.4. The van der Waals surface area contributed by atoms with Crippen molar-refractivity contribution in [1.82, 2.24) is 14.5 Å². The molecule has 1 heterocycles. The molecule has 2 aromatic carbocycles. The minimum absolute atomic E-state index is 0.0393. The van der Waals surface area contributed by atoms with E-state index in [1.54, 1.807) is 13.0 Å². The first-order valence-electron chi connectivity index (χ1n) is 10.8. The second-order valence-electron chi connectivity index (χ2n) is 8.98. The van der Waals surface area contributed by atoms with Gasteiger partial charge >= 0.3 is 0 Å². The number of nitrogens with one attached hydrogen (secondary N) is 1. The molecule has 0 aliphatic carbocycles. The maximum Gasteiger partial charge on any atom is 0.269 e. The number of benzene rings is 2. The lowest BCUT2D eigenvalue weighted by Crippen LogP contribution is -2.55. The van der Waals surface area contributed by atoms with E-state index in [2.05, 4.69) is 5.32 Å². The lowest BCUT2D eigenvalue weighted by molar-refractivity contribution is -0.141. The number of hydrogen-bond acceptors (Lipinski definition) is 5. The molecule has 0 saturated carbocycles. The van der Waals surface area contributed by atoms with Gasteiger partial charge in [0.1, 0.15) is 17.5 Å². The monoisotopic (exact) mass is 471 g/mol. The number of carbonyl (C=O) groups is 3. The van der Waals surface area contributed by atoms with Gasteiger partial charge in [-0.2, -0.15) is 0 Å². The van der Waals surface area contributed by atoms with Crippen molar-refractivity contribution in [2.24, 2.45) is 0 Å². The van der Waals surface area contributed by atoms with Crippen LogP contribution in [0.3, 0.4) is 0 Å². The number of sulfonamides is 1. The summed E-state index contributed by atoms with van der Waals surface area (Å²) >= 11 is 0. The Morgan fingerprint density at radius 2 is 1.64 bits per heavy atom. The van der Waals surface area contributed by atoms with Crippen molar-refractivity contribution in [1.29, 1.82) is 0 Å². The minimum atomic E-state index is -4.14. The van der Waals surface area contributed by atoms with Crippen LogP contribution in [0.4, 0.5) is 0 Å². The van der Waals surface area contributed by atoms with Crippen LogP contribution in [-0.2, 0) is 26.2 Å². The van der Waals surface area contributed by atoms with Gasteiger partial charge in [0.15, 0.2) is 0 Å². The molecule has 9 heteroatoms. The number of amides is 3. The van der Waals surface area contributed by atoms with Gasteiger partial charge in [0.25, 0.3) is 15.9 Å². The first-order valence-corrected chi connectivity index (χ1v) is 12.2. The van der Waals surface area contributed by atoms with Gasteiger partial charge in [0.05, 0.1) is 5.56 Å². The SMILES string of the molecule is CC[C@@H](C(=O)NC(C)(C)C)N(Cc1ccccc1)C(=O)CN1C(=O)c2ccccc2S1(=O)=O. The summed E-state index contributed by atoms with van der Waals surface area (Å²) < 4.78 is 26.4. The fraction of sp³-hybridized carbons (Fsp3) is 0.375. The van der Waals surface area contributed by atoms with Crippen LogP contribution in [0.25, 0.3) is 0 Å². The fourth-order valence-electron chi connectivity index (χ4n) is 3.75. The highest BCUT2D eigenvalue weighted by Gasteiger charge is 2.43. The van der Waals surface area contributed by atoms with E-state index >= 15 is 0 Å². The second kappa shape index (κ2) is 9.35. The largest absolute Gasteiger partial charge is 0.350 e. The summed E-state index contributed by atoms with van der Waals surface area (Å²) in [6.07, 6.45) is 0.321. The smallest absolute Gasteiger partial charge is 0.269 e. The first kappa shape index (κ1) is 24.4. The molecule has 0 unspecified atom stereocenters. The number of rotatable bonds is 7. The third kappa shape index (κ3) is 5.24. The molecule has 1 N–H and O–H groups in total. The van der Waals surface area contributed by atoms with E-state index in [-0.39, 0.29) is 22.9 Å². The van der Waals surface area contributed by atoms with E-state index in [0.717, 1.165) is 5.56 Å². The molecule has 8 nitrogen and oxygen atoms in total. The third-order valence-corrected chi connectivity index (χ3v) is 7.06. The van der Waals surface area contributed by atoms with E-state index < -0.39 is 40.0 Å². The van der Waals surface area contributed by atoms with Gasteiger partial charge in [-0.3, -0.25) is 14.4 Å². The molecular weight excluding hydrogens is 442 g/mol. The van der Waals surface area contributed by atoms with E-state index in [9.17, 15) is 22.8 Å². The van der Waals surface area contributed by atoms with Crippen molar-refractivity contribution in [3.05, 3.63) is 65.7 Å². The Labute approximate surface area is 194 Å². The Hall–Kier alpha value is -3.20. The van der Waals surface area contributed by atoms with Crippen molar-refractivity contribution in [3.8, 4) is 0 Å². The minimum Gasteiger partial charge on any atom is -0.350 e. The molecule has 0 spiro atoms. The quantitative estimate of drug-likeness (QED) is 0.668. The zero-order valence-electron chi connectivity index (χ0n) is 19.2. The zero-order valence-corrected chi connectivity index (χ0v) is 20.1. The summed E-state index contributed by atoms with van der Waals surface area (Å²) in [6, 6.07) is 14.2. The lowest BCUT2D eigenvalue weighted by Gasteiger charge is -2.33. The van der Waals surface area contributed by atoms with Crippen molar-refractivity contribution in [2.45, 2.75) is 57.1 Å². The van der Waals surface area contributed by atoms with Crippen LogP contribution < -0.4 is 5.32 Å². The topological polar surface area (TPSA) is 104 Å². The molecule has 3 amide bonds. The van der Waals surface area contributed by atoms with Gasteiger partial charge in [0, 0.05) is 12.1 Å².